The highest BCUT2D eigenvalue weighted by Crippen LogP contribution is 2.29. The summed E-state index contributed by atoms with van der Waals surface area (Å²) in [5.74, 6) is 0.677. The Balaban J connectivity index is 3.26. The van der Waals surface area contributed by atoms with Crippen LogP contribution in [-0.4, -0.2) is 17.1 Å². The number of aryl methyl sites for hydroxylation is 1. The van der Waals surface area contributed by atoms with E-state index >= 15 is 0 Å². The molecule has 0 N–H and O–H groups in total. The fraction of sp³-hybridized carbons (Fsp3) is 0.667. The molecule has 5 heteroatoms. The van der Waals surface area contributed by atoms with Gasteiger partial charge < -0.3 is 4.74 Å². The Morgan fingerprint density at radius 1 is 1.35 bits per heavy atom. The minimum atomic E-state index is -0.462. The van der Waals surface area contributed by atoms with Gasteiger partial charge in [-0.3, -0.25) is 0 Å². The Bertz CT molecular complexity index is 394. The molecule has 17 heavy (non-hydrogen) atoms. The lowest BCUT2D eigenvalue weighted by Crippen LogP contribution is -2.27. The van der Waals surface area contributed by atoms with Gasteiger partial charge in [-0.2, -0.15) is 0 Å². The number of nitrogens with zero attached hydrogens (tertiary/aromatic N) is 2. The summed E-state index contributed by atoms with van der Waals surface area (Å²) in [5, 5.41) is 0.524. The molecule has 0 bridgehead atoms. The van der Waals surface area contributed by atoms with Crippen LogP contribution in [-0.2, 0) is 16.8 Å². The van der Waals surface area contributed by atoms with Crippen molar-refractivity contribution in [1.82, 2.24) is 9.97 Å². The van der Waals surface area contributed by atoms with Crippen molar-refractivity contribution in [2.75, 3.05) is 7.11 Å². The Morgan fingerprint density at radius 2 is 2.00 bits per heavy atom. The van der Waals surface area contributed by atoms with Crippen molar-refractivity contribution in [3.8, 4) is 0 Å². The number of methoxy groups -OCH3 is 1. The highest BCUT2D eigenvalue weighted by atomic mass is 127. The molecular weight excluding hydrogens is 351 g/mol. The highest BCUT2D eigenvalue weighted by molar-refractivity contribution is 14.1. The van der Waals surface area contributed by atoms with Gasteiger partial charge in [-0.05, 0) is 42.4 Å². The first-order valence-corrected chi connectivity index (χ1v) is 7.21. The largest absolute Gasteiger partial charge is 0.371 e. The molecule has 0 saturated carbocycles. The molecule has 0 aromatic carbocycles. The minimum absolute atomic E-state index is 0.462. The lowest BCUT2D eigenvalue weighted by molar-refractivity contribution is -0.00918. The van der Waals surface area contributed by atoms with Gasteiger partial charge in [0.05, 0.1) is 9.26 Å². The second kappa shape index (κ2) is 6.29. The van der Waals surface area contributed by atoms with E-state index in [9.17, 15) is 0 Å². The van der Waals surface area contributed by atoms with E-state index in [1.165, 1.54) is 0 Å². The summed E-state index contributed by atoms with van der Waals surface area (Å²) in [6.07, 6.45) is 2.77. The molecule has 1 aromatic heterocycles. The maximum Gasteiger partial charge on any atom is 0.161 e. The fourth-order valence-corrected chi connectivity index (χ4v) is 2.20. The quantitative estimate of drug-likeness (QED) is 0.583. The van der Waals surface area contributed by atoms with Crippen LogP contribution in [0.2, 0.25) is 5.15 Å². The second-order valence-electron chi connectivity index (χ2n) is 4.14. The smallest absolute Gasteiger partial charge is 0.161 e. The number of rotatable bonds is 5. The molecule has 0 aliphatic carbocycles. The molecule has 96 valence electrons. The average Bonchev–Trinajstić information content (AvgIpc) is 2.34. The number of aromatic nitrogens is 2. The summed E-state index contributed by atoms with van der Waals surface area (Å²) in [6, 6.07) is 0. The minimum Gasteiger partial charge on any atom is -0.371 e. The molecule has 3 nitrogen and oxygen atoms in total. The molecule has 0 saturated heterocycles. The maximum absolute atomic E-state index is 6.16. The van der Waals surface area contributed by atoms with E-state index in [4.69, 9.17) is 16.3 Å². The number of hydrogen-bond donors (Lipinski definition) is 0. The zero-order chi connectivity index (χ0) is 13.1. The van der Waals surface area contributed by atoms with Gasteiger partial charge in [0.2, 0.25) is 0 Å². The van der Waals surface area contributed by atoms with E-state index < -0.39 is 5.60 Å². The van der Waals surface area contributed by atoms with E-state index in [-0.39, 0.29) is 0 Å². The molecule has 1 rings (SSSR count). The van der Waals surface area contributed by atoms with Crippen LogP contribution in [0.5, 0.6) is 0 Å². The summed E-state index contributed by atoms with van der Waals surface area (Å²) in [6.45, 7) is 6.17. The topological polar surface area (TPSA) is 35.0 Å². The average molecular weight is 369 g/mol. The van der Waals surface area contributed by atoms with Crippen molar-refractivity contribution in [1.29, 1.82) is 0 Å². The molecule has 0 aliphatic rings. The number of ether oxygens (including phenoxy) is 1. The van der Waals surface area contributed by atoms with Crippen LogP contribution in [0.3, 0.4) is 0 Å². The van der Waals surface area contributed by atoms with Crippen LogP contribution in [0.1, 0.15) is 45.1 Å². The van der Waals surface area contributed by atoms with Gasteiger partial charge >= 0.3 is 0 Å². The first-order chi connectivity index (χ1) is 7.98. The predicted molar refractivity (Wildman–Crippen MR) is 78.4 cm³/mol. The van der Waals surface area contributed by atoms with Crippen LogP contribution < -0.4 is 0 Å². The molecular formula is C12H18ClIN2O. The fourth-order valence-electron chi connectivity index (χ4n) is 1.50. The van der Waals surface area contributed by atoms with Gasteiger partial charge in [-0.1, -0.05) is 31.9 Å². The maximum atomic E-state index is 6.16. The van der Waals surface area contributed by atoms with E-state index in [0.29, 0.717) is 11.0 Å². The Kier molecular flexibility index (Phi) is 5.60. The van der Waals surface area contributed by atoms with Crippen LogP contribution in [0.25, 0.3) is 0 Å². The van der Waals surface area contributed by atoms with Gasteiger partial charge in [-0.15, -0.1) is 0 Å². The van der Waals surface area contributed by atoms with Crippen molar-refractivity contribution in [3.05, 3.63) is 20.2 Å². The first-order valence-electron chi connectivity index (χ1n) is 5.76. The van der Waals surface area contributed by atoms with E-state index in [1.807, 2.05) is 6.92 Å². The lowest BCUT2D eigenvalue weighted by atomic mass is 10.0. The third kappa shape index (κ3) is 3.29. The zero-order valence-electron chi connectivity index (χ0n) is 10.7. The number of halogens is 2. The molecule has 0 radical (unpaired) electrons. The van der Waals surface area contributed by atoms with Crippen LogP contribution >= 0.6 is 34.2 Å². The van der Waals surface area contributed by atoms with Gasteiger partial charge in [0.15, 0.2) is 5.82 Å². The zero-order valence-corrected chi connectivity index (χ0v) is 13.6. The first kappa shape index (κ1) is 15.1. The Hall–Kier alpha value is 0.0600. The Labute approximate surface area is 121 Å². The summed E-state index contributed by atoms with van der Waals surface area (Å²) in [4.78, 5) is 8.96. The molecule has 0 fully saturated rings. The van der Waals surface area contributed by atoms with Crippen LogP contribution in [0.15, 0.2) is 0 Å². The van der Waals surface area contributed by atoms with Crippen molar-refractivity contribution >= 4 is 34.2 Å². The number of hydrogen-bond acceptors (Lipinski definition) is 3. The molecule has 0 spiro atoms. The molecule has 1 unspecified atom stereocenters. The van der Waals surface area contributed by atoms with Crippen molar-refractivity contribution < 1.29 is 4.74 Å². The van der Waals surface area contributed by atoms with Gasteiger partial charge in [-0.25, -0.2) is 9.97 Å². The third-order valence-corrected chi connectivity index (χ3v) is 4.69. The summed E-state index contributed by atoms with van der Waals surface area (Å²) < 4.78 is 6.46. The van der Waals surface area contributed by atoms with E-state index in [1.54, 1.807) is 7.11 Å². The highest BCUT2D eigenvalue weighted by Gasteiger charge is 2.29. The van der Waals surface area contributed by atoms with E-state index in [0.717, 1.165) is 28.5 Å². The molecule has 1 atom stereocenters. The molecule has 1 heterocycles. The van der Waals surface area contributed by atoms with Gasteiger partial charge in [0.25, 0.3) is 0 Å². The Morgan fingerprint density at radius 3 is 2.47 bits per heavy atom. The molecule has 1 aromatic rings. The van der Waals surface area contributed by atoms with E-state index in [2.05, 4.69) is 46.4 Å². The van der Waals surface area contributed by atoms with Crippen molar-refractivity contribution in [2.24, 2.45) is 0 Å². The van der Waals surface area contributed by atoms with Crippen molar-refractivity contribution in [3.63, 3.8) is 0 Å². The lowest BCUT2D eigenvalue weighted by Gasteiger charge is -2.25. The SMILES string of the molecule is CCCc1nc(C(C)(CC)OC)nc(Cl)c1I. The van der Waals surface area contributed by atoms with Crippen molar-refractivity contribution in [2.45, 2.75) is 45.6 Å². The van der Waals surface area contributed by atoms with Gasteiger partial charge in [0.1, 0.15) is 10.8 Å². The summed E-state index contributed by atoms with van der Waals surface area (Å²) in [7, 11) is 1.68. The monoisotopic (exact) mass is 368 g/mol. The third-order valence-electron chi connectivity index (χ3n) is 2.96. The summed E-state index contributed by atoms with van der Waals surface area (Å²) >= 11 is 8.36. The van der Waals surface area contributed by atoms with Crippen LogP contribution in [0, 0.1) is 3.57 Å². The van der Waals surface area contributed by atoms with Gasteiger partial charge in [0, 0.05) is 7.11 Å². The molecule has 0 amide bonds. The summed E-state index contributed by atoms with van der Waals surface area (Å²) in [5.41, 5.74) is 0.552. The second-order valence-corrected chi connectivity index (χ2v) is 5.57. The standard InChI is InChI=1S/C12H18ClIN2O/c1-5-7-8-9(14)10(13)16-11(15-8)12(3,6-2)17-4/h5-7H2,1-4H3. The molecule has 0 aliphatic heterocycles. The van der Waals surface area contributed by atoms with Crippen LogP contribution in [0.4, 0.5) is 0 Å². The predicted octanol–water partition coefficient (Wildman–Crippen LogP) is 3.96. The normalized spacial score (nSPS) is 14.7.